The van der Waals surface area contributed by atoms with Gasteiger partial charge in [0.15, 0.2) is 0 Å². The van der Waals surface area contributed by atoms with E-state index in [4.69, 9.17) is 9.26 Å². The molecule has 1 fully saturated rings. The monoisotopic (exact) mass is 295 g/mol. The summed E-state index contributed by atoms with van der Waals surface area (Å²) < 4.78 is 10.6. The average Bonchev–Trinajstić information content (AvgIpc) is 2.91. The van der Waals surface area contributed by atoms with Crippen molar-refractivity contribution in [2.45, 2.75) is 33.3 Å². The highest BCUT2D eigenvalue weighted by Gasteiger charge is 2.24. The van der Waals surface area contributed by atoms with E-state index in [0.29, 0.717) is 12.0 Å². The summed E-state index contributed by atoms with van der Waals surface area (Å²) in [5, 5.41) is 6.34. The Labute approximate surface area is 125 Å². The van der Waals surface area contributed by atoms with Crippen LogP contribution in [-0.2, 0) is 4.74 Å². The number of aromatic nitrogens is 1. The topological polar surface area (TPSA) is 67.6 Å². The van der Waals surface area contributed by atoms with Crippen molar-refractivity contribution >= 4 is 5.91 Å². The first kappa shape index (κ1) is 16.0. The van der Waals surface area contributed by atoms with Crippen LogP contribution < -0.4 is 5.32 Å². The highest BCUT2D eigenvalue weighted by Crippen LogP contribution is 2.18. The predicted molar refractivity (Wildman–Crippen MR) is 79.1 cm³/mol. The maximum atomic E-state index is 11.7. The molecular weight excluding hydrogens is 270 g/mol. The van der Waals surface area contributed by atoms with Gasteiger partial charge in [-0.25, -0.2) is 0 Å². The van der Waals surface area contributed by atoms with Crippen molar-refractivity contribution in [3.05, 3.63) is 18.0 Å². The Bertz CT molecular complexity index is 440. The second-order valence-electron chi connectivity index (χ2n) is 6.71. The van der Waals surface area contributed by atoms with Crippen LogP contribution in [0.15, 0.2) is 16.8 Å². The zero-order valence-electron chi connectivity index (χ0n) is 13.1. The van der Waals surface area contributed by atoms with Crippen molar-refractivity contribution in [1.29, 1.82) is 0 Å². The molecule has 1 aromatic rings. The summed E-state index contributed by atoms with van der Waals surface area (Å²) in [5.41, 5.74) is 0.294. The van der Waals surface area contributed by atoms with Gasteiger partial charge in [-0.05, 0) is 11.8 Å². The molecule has 1 aliphatic rings. The Morgan fingerprint density at radius 2 is 2.33 bits per heavy atom. The summed E-state index contributed by atoms with van der Waals surface area (Å²) in [6.45, 7) is 11.1. The van der Waals surface area contributed by atoms with Gasteiger partial charge in [-0.3, -0.25) is 9.69 Å². The van der Waals surface area contributed by atoms with Crippen molar-refractivity contribution in [2.24, 2.45) is 5.41 Å². The molecule has 6 nitrogen and oxygen atoms in total. The number of nitrogens with zero attached hydrogens (tertiary/aromatic N) is 2. The van der Waals surface area contributed by atoms with Crippen LogP contribution >= 0.6 is 0 Å². The van der Waals surface area contributed by atoms with E-state index in [1.165, 1.54) is 6.20 Å². The first-order valence-electron chi connectivity index (χ1n) is 7.47. The van der Waals surface area contributed by atoms with E-state index in [9.17, 15) is 4.79 Å². The molecular formula is C15H25N3O3. The van der Waals surface area contributed by atoms with Crippen LogP contribution in [0.4, 0.5) is 0 Å². The second kappa shape index (κ2) is 7.04. The van der Waals surface area contributed by atoms with Crippen molar-refractivity contribution in [2.75, 3.05) is 32.8 Å². The smallest absolute Gasteiger partial charge is 0.289 e. The molecule has 0 saturated carbocycles. The van der Waals surface area contributed by atoms with Gasteiger partial charge in [-0.15, -0.1) is 0 Å². The van der Waals surface area contributed by atoms with Gasteiger partial charge in [0, 0.05) is 32.2 Å². The zero-order chi connectivity index (χ0) is 15.3. The standard InChI is InChI=1S/C15H25N3O3/c1-15(2,3)11-18-8-9-20-12(10-18)4-6-16-14(19)13-5-7-17-21-13/h5,7,12H,4,6,8-11H2,1-3H3,(H,16,19). The van der Waals surface area contributed by atoms with Gasteiger partial charge in [0.2, 0.25) is 5.76 Å². The molecule has 0 radical (unpaired) electrons. The molecule has 21 heavy (non-hydrogen) atoms. The van der Waals surface area contributed by atoms with Crippen LogP contribution in [0.25, 0.3) is 0 Å². The lowest BCUT2D eigenvalue weighted by Crippen LogP contribution is -2.46. The fourth-order valence-electron chi connectivity index (χ4n) is 2.54. The predicted octanol–water partition coefficient (Wildman–Crippen LogP) is 1.54. The van der Waals surface area contributed by atoms with E-state index in [1.54, 1.807) is 6.07 Å². The number of carbonyl (C=O) groups excluding carboxylic acids is 1. The molecule has 118 valence electrons. The summed E-state index contributed by atoms with van der Waals surface area (Å²) in [5.74, 6) is 0.0174. The molecule has 1 unspecified atom stereocenters. The van der Waals surface area contributed by atoms with E-state index in [-0.39, 0.29) is 17.8 Å². The lowest BCUT2D eigenvalue weighted by Gasteiger charge is -2.36. The lowest BCUT2D eigenvalue weighted by molar-refractivity contribution is -0.0398. The largest absolute Gasteiger partial charge is 0.375 e. The van der Waals surface area contributed by atoms with Gasteiger partial charge in [0.25, 0.3) is 5.91 Å². The third-order valence-corrected chi connectivity index (χ3v) is 3.33. The van der Waals surface area contributed by atoms with Crippen LogP contribution in [0, 0.1) is 5.41 Å². The molecule has 2 rings (SSSR count). The maximum Gasteiger partial charge on any atom is 0.289 e. The number of morpholine rings is 1. The highest BCUT2D eigenvalue weighted by atomic mass is 16.5. The van der Waals surface area contributed by atoms with Crippen LogP contribution in [0.5, 0.6) is 0 Å². The second-order valence-corrected chi connectivity index (χ2v) is 6.71. The van der Waals surface area contributed by atoms with Gasteiger partial charge in [0.1, 0.15) is 0 Å². The van der Waals surface area contributed by atoms with Crippen molar-refractivity contribution in [3.8, 4) is 0 Å². The Morgan fingerprint density at radius 1 is 1.52 bits per heavy atom. The third kappa shape index (κ3) is 5.47. The van der Waals surface area contributed by atoms with E-state index < -0.39 is 0 Å². The first-order chi connectivity index (χ1) is 9.94. The minimum Gasteiger partial charge on any atom is -0.375 e. The molecule has 0 aliphatic carbocycles. The fourth-order valence-corrected chi connectivity index (χ4v) is 2.54. The summed E-state index contributed by atoms with van der Waals surface area (Å²) in [4.78, 5) is 14.1. The van der Waals surface area contributed by atoms with Gasteiger partial charge < -0.3 is 14.6 Å². The molecule has 6 heteroatoms. The molecule has 0 bridgehead atoms. The molecule has 0 aromatic carbocycles. The molecule has 1 saturated heterocycles. The fraction of sp³-hybridized carbons (Fsp3) is 0.733. The minimum atomic E-state index is -0.227. The number of carbonyl (C=O) groups is 1. The molecule has 1 atom stereocenters. The van der Waals surface area contributed by atoms with E-state index in [1.807, 2.05) is 0 Å². The summed E-state index contributed by atoms with van der Waals surface area (Å²) in [6, 6.07) is 1.55. The van der Waals surface area contributed by atoms with Gasteiger partial charge in [0.05, 0.1) is 18.9 Å². The van der Waals surface area contributed by atoms with Gasteiger partial charge >= 0.3 is 0 Å². The number of hydrogen-bond donors (Lipinski definition) is 1. The molecule has 1 aromatic heterocycles. The average molecular weight is 295 g/mol. The summed E-state index contributed by atoms with van der Waals surface area (Å²) in [7, 11) is 0. The first-order valence-corrected chi connectivity index (χ1v) is 7.47. The number of hydrogen-bond acceptors (Lipinski definition) is 5. The van der Waals surface area contributed by atoms with E-state index in [2.05, 4.69) is 36.1 Å². The number of nitrogens with one attached hydrogen (secondary N) is 1. The van der Waals surface area contributed by atoms with Crippen molar-refractivity contribution < 1.29 is 14.1 Å². The third-order valence-electron chi connectivity index (χ3n) is 3.33. The zero-order valence-corrected chi connectivity index (χ0v) is 13.1. The van der Waals surface area contributed by atoms with Crippen molar-refractivity contribution in [3.63, 3.8) is 0 Å². The molecule has 0 spiro atoms. The van der Waals surface area contributed by atoms with Gasteiger partial charge in [-0.2, -0.15) is 0 Å². The Balaban J connectivity index is 1.69. The normalized spacial score (nSPS) is 20.4. The molecule has 1 N–H and O–H groups in total. The van der Waals surface area contributed by atoms with Crippen LogP contribution in [0.2, 0.25) is 0 Å². The summed E-state index contributed by atoms with van der Waals surface area (Å²) in [6.07, 6.45) is 2.44. The maximum absolute atomic E-state index is 11.7. The SMILES string of the molecule is CC(C)(C)CN1CCOC(CCNC(=O)c2ccno2)C1. The van der Waals surface area contributed by atoms with E-state index >= 15 is 0 Å². The Hall–Kier alpha value is -1.40. The number of rotatable bonds is 5. The van der Waals surface area contributed by atoms with Crippen LogP contribution in [0.1, 0.15) is 37.7 Å². The number of amides is 1. The molecule has 2 heterocycles. The van der Waals surface area contributed by atoms with Crippen molar-refractivity contribution in [1.82, 2.24) is 15.4 Å². The Kier molecular flexibility index (Phi) is 5.36. The van der Waals surface area contributed by atoms with E-state index in [0.717, 1.165) is 32.7 Å². The summed E-state index contributed by atoms with van der Waals surface area (Å²) >= 11 is 0. The minimum absolute atomic E-state index is 0.177. The quantitative estimate of drug-likeness (QED) is 0.892. The van der Waals surface area contributed by atoms with Crippen LogP contribution in [0.3, 0.4) is 0 Å². The Morgan fingerprint density at radius 3 is 3.00 bits per heavy atom. The number of ether oxygens (including phenoxy) is 1. The molecule has 1 amide bonds. The molecule has 1 aliphatic heterocycles. The van der Waals surface area contributed by atoms with Crippen LogP contribution in [-0.4, -0.2) is 54.9 Å². The lowest BCUT2D eigenvalue weighted by atomic mass is 9.95. The van der Waals surface area contributed by atoms with Gasteiger partial charge in [-0.1, -0.05) is 25.9 Å². The highest BCUT2D eigenvalue weighted by molar-refractivity contribution is 5.91.